The van der Waals surface area contributed by atoms with E-state index in [1.54, 1.807) is 38.1 Å². The second kappa shape index (κ2) is 8.65. The summed E-state index contributed by atoms with van der Waals surface area (Å²) >= 11 is 0. The number of hydrogen-bond acceptors (Lipinski definition) is 4. The Morgan fingerprint density at radius 3 is 2.14 bits per heavy atom. The van der Waals surface area contributed by atoms with Gasteiger partial charge < -0.3 is 9.84 Å². The van der Waals surface area contributed by atoms with Crippen molar-refractivity contribution in [3.8, 4) is 16.9 Å². The first-order valence-electron chi connectivity index (χ1n) is 12.2. The van der Waals surface area contributed by atoms with Crippen LogP contribution in [0.5, 0.6) is 5.75 Å². The van der Waals surface area contributed by atoms with Crippen molar-refractivity contribution in [3.63, 3.8) is 0 Å². The molecule has 0 saturated heterocycles. The van der Waals surface area contributed by atoms with Gasteiger partial charge in [0.2, 0.25) is 0 Å². The van der Waals surface area contributed by atoms with Gasteiger partial charge in [0.05, 0.1) is 29.4 Å². The number of fused-ring (bicyclic) bond motifs is 2. The second-order valence-electron chi connectivity index (χ2n) is 10.3. The summed E-state index contributed by atoms with van der Waals surface area (Å²) in [6, 6.07) is 17.1. The van der Waals surface area contributed by atoms with Gasteiger partial charge in [-0.15, -0.1) is 0 Å². The van der Waals surface area contributed by atoms with Crippen LogP contribution < -0.4 is 4.74 Å². The van der Waals surface area contributed by atoms with Gasteiger partial charge in [-0.25, -0.2) is 0 Å². The standard InChI is InChI=1S/C30H31NO4/c1-18-16-20(35-15-14-30(3,4)34)17-19(2)27(18)23-11-7-10-22-21(23)12-13-26(22)31-28(32)24-8-5-6-9-25(24)29(31)33/h5-11,16-17,26,34H,12-15H2,1-4H3/t26-/m1/s1. The van der Waals surface area contributed by atoms with Crippen molar-refractivity contribution in [3.05, 3.63) is 88.0 Å². The summed E-state index contributed by atoms with van der Waals surface area (Å²) in [4.78, 5) is 27.7. The lowest BCUT2D eigenvalue weighted by molar-refractivity contribution is 0.0550. The molecule has 0 aromatic heterocycles. The smallest absolute Gasteiger partial charge is 0.262 e. The summed E-state index contributed by atoms with van der Waals surface area (Å²) in [7, 11) is 0. The topological polar surface area (TPSA) is 66.8 Å². The number of carbonyl (C=O) groups is 2. The Kier molecular flexibility index (Phi) is 5.76. The molecule has 3 aromatic carbocycles. The molecule has 35 heavy (non-hydrogen) atoms. The van der Waals surface area contributed by atoms with Crippen LogP contribution in [0.25, 0.3) is 11.1 Å². The molecule has 0 unspecified atom stereocenters. The van der Waals surface area contributed by atoms with E-state index in [1.807, 2.05) is 18.2 Å². The first-order valence-corrected chi connectivity index (χ1v) is 12.2. The Balaban J connectivity index is 1.46. The molecule has 5 heteroatoms. The molecule has 1 atom stereocenters. The minimum atomic E-state index is -0.759. The maximum atomic E-state index is 13.1. The van der Waals surface area contributed by atoms with E-state index in [-0.39, 0.29) is 17.9 Å². The third-order valence-corrected chi connectivity index (χ3v) is 7.13. The number of aryl methyl sites for hydroxylation is 2. The first-order chi connectivity index (χ1) is 16.7. The lowest BCUT2D eigenvalue weighted by atomic mass is 9.90. The van der Waals surface area contributed by atoms with Crippen LogP contribution in [0.4, 0.5) is 0 Å². The van der Waals surface area contributed by atoms with Crippen LogP contribution in [0, 0.1) is 13.8 Å². The minimum absolute atomic E-state index is 0.200. The van der Waals surface area contributed by atoms with Crippen LogP contribution in [0.2, 0.25) is 0 Å². The number of benzene rings is 3. The Morgan fingerprint density at radius 2 is 1.54 bits per heavy atom. The van der Waals surface area contributed by atoms with Crippen molar-refractivity contribution >= 4 is 11.8 Å². The molecule has 1 N–H and O–H groups in total. The van der Waals surface area contributed by atoms with Gasteiger partial charge in [0.25, 0.3) is 11.8 Å². The van der Waals surface area contributed by atoms with Gasteiger partial charge >= 0.3 is 0 Å². The van der Waals surface area contributed by atoms with E-state index in [2.05, 4.69) is 26.0 Å². The van der Waals surface area contributed by atoms with Gasteiger partial charge in [0.1, 0.15) is 5.75 Å². The maximum absolute atomic E-state index is 13.1. The Bertz CT molecular complexity index is 1280. The largest absolute Gasteiger partial charge is 0.493 e. The fraction of sp³-hybridized carbons (Fsp3) is 0.333. The predicted octanol–water partition coefficient (Wildman–Crippen LogP) is 5.79. The number of hydrogen-bond donors (Lipinski definition) is 1. The third-order valence-electron chi connectivity index (χ3n) is 7.13. The van der Waals surface area contributed by atoms with Crippen LogP contribution in [-0.2, 0) is 6.42 Å². The van der Waals surface area contributed by atoms with E-state index < -0.39 is 5.60 Å². The van der Waals surface area contributed by atoms with Gasteiger partial charge in [0.15, 0.2) is 0 Å². The van der Waals surface area contributed by atoms with Crippen molar-refractivity contribution in [2.75, 3.05) is 6.61 Å². The molecule has 0 spiro atoms. The molecule has 2 aliphatic rings. The first kappa shape index (κ1) is 23.3. The van der Waals surface area contributed by atoms with Crippen LogP contribution in [0.1, 0.15) is 75.7 Å². The van der Waals surface area contributed by atoms with Crippen LogP contribution in [0.3, 0.4) is 0 Å². The van der Waals surface area contributed by atoms with Crippen LogP contribution >= 0.6 is 0 Å². The minimum Gasteiger partial charge on any atom is -0.493 e. The zero-order valence-electron chi connectivity index (χ0n) is 20.7. The molecule has 0 bridgehead atoms. The quantitative estimate of drug-likeness (QED) is 0.464. The average molecular weight is 470 g/mol. The number of aliphatic hydroxyl groups is 1. The maximum Gasteiger partial charge on any atom is 0.262 e. The molecule has 0 saturated carbocycles. The highest BCUT2D eigenvalue weighted by molar-refractivity contribution is 6.21. The zero-order valence-corrected chi connectivity index (χ0v) is 20.7. The number of rotatable bonds is 6. The van der Waals surface area contributed by atoms with E-state index >= 15 is 0 Å². The van der Waals surface area contributed by atoms with Crippen LogP contribution in [-0.4, -0.2) is 34.0 Å². The van der Waals surface area contributed by atoms with E-state index in [4.69, 9.17) is 4.74 Å². The highest BCUT2D eigenvalue weighted by Gasteiger charge is 2.42. The van der Waals surface area contributed by atoms with Gasteiger partial charge in [-0.3, -0.25) is 14.5 Å². The molecule has 5 nitrogen and oxygen atoms in total. The van der Waals surface area contributed by atoms with E-state index in [0.29, 0.717) is 24.2 Å². The molecule has 0 radical (unpaired) electrons. The predicted molar refractivity (Wildman–Crippen MR) is 136 cm³/mol. The van der Waals surface area contributed by atoms with Crippen molar-refractivity contribution in [1.82, 2.24) is 4.90 Å². The number of carbonyl (C=O) groups excluding carboxylic acids is 2. The summed E-state index contributed by atoms with van der Waals surface area (Å²) in [5.74, 6) is 0.395. The molecule has 1 heterocycles. The van der Waals surface area contributed by atoms with Gasteiger partial charge in [-0.2, -0.15) is 0 Å². The molecule has 2 amide bonds. The molecule has 3 aromatic rings. The van der Waals surface area contributed by atoms with Crippen molar-refractivity contribution in [2.45, 2.75) is 58.6 Å². The van der Waals surface area contributed by atoms with Crippen LogP contribution in [0.15, 0.2) is 54.6 Å². The monoisotopic (exact) mass is 469 g/mol. The highest BCUT2D eigenvalue weighted by atomic mass is 16.5. The number of nitrogens with zero attached hydrogens (tertiary/aromatic N) is 1. The van der Waals surface area contributed by atoms with Gasteiger partial charge in [0, 0.05) is 6.42 Å². The fourth-order valence-corrected chi connectivity index (χ4v) is 5.48. The zero-order chi connectivity index (χ0) is 24.9. The Labute approximate surface area is 206 Å². The van der Waals surface area contributed by atoms with Crippen molar-refractivity contribution in [2.24, 2.45) is 0 Å². The molecule has 180 valence electrons. The lowest BCUT2D eigenvalue weighted by Crippen LogP contribution is -2.33. The Hall–Kier alpha value is -3.44. The summed E-state index contributed by atoms with van der Waals surface area (Å²) in [5.41, 5.74) is 7.03. The fourth-order valence-electron chi connectivity index (χ4n) is 5.48. The number of amides is 2. The molecular weight excluding hydrogens is 438 g/mol. The van der Waals surface area contributed by atoms with Gasteiger partial charge in [-0.05, 0) is 98.2 Å². The van der Waals surface area contributed by atoms with E-state index in [0.717, 1.165) is 40.8 Å². The van der Waals surface area contributed by atoms with E-state index in [9.17, 15) is 14.7 Å². The summed E-state index contributed by atoms with van der Waals surface area (Å²) in [5, 5.41) is 9.95. The van der Waals surface area contributed by atoms with Crippen molar-refractivity contribution in [1.29, 1.82) is 0 Å². The number of imide groups is 1. The Morgan fingerprint density at radius 1 is 0.943 bits per heavy atom. The molecular formula is C30H31NO4. The molecule has 1 aliphatic heterocycles. The second-order valence-corrected chi connectivity index (χ2v) is 10.3. The lowest BCUT2D eigenvalue weighted by Gasteiger charge is -2.23. The van der Waals surface area contributed by atoms with E-state index in [1.165, 1.54) is 16.0 Å². The van der Waals surface area contributed by atoms with Crippen molar-refractivity contribution < 1.29 is 19.4 Å². The summed E-state index contributed by atoms with van der Waals surface area (Å²) in [6.45, 7) is 8.18. The third kappa shape index (κ3) is 4.14. The van der Waals surface area contributed by atoms with Gasteiger partial charge in [-0.1, -0.05) is 30.3 Å². The number of ether oxygens (including phenoxy) is 1. The summed E-state index contributed by atoms with van der Waals surface area (Å²) < 4.78 is 5.92. The highest BCUT2D eigenvalue weighted by Crippen LogP contribution is 2.45. The average Bonchev–Trinajstić information content (AvgIpc) is 3.32. The molecule has 1 aliphatic carbocycles. The SMILES string of the molecule is Cc1cc(OCCC(C)(C)O)cc(C)c1-c1cccc2c1CC[C@H]2N1C(=O)c2ccccc2C1=O. The molecule has 5 rings (SSSR count). The molecule has 0 fully saturated rings. The normalized spacial score (nSPS) is 17.1. The summed E-state index contributed by atoms with van der Waals surface area (Å²) in [6.07, 6.45) is 2.10.